The minimum atomic E-state index is -0.573. The van der Waals surface area contributed by atoms with E-state index in [0.717, 1.165) is 5.69 Å². The van der Waals surface area contributed by atoms with Gasteiger partial charge in [0, 0.05) is 12.7 Å². The Morgan fingerprint density at radius 1 is 1.30 bits per heavy atom. The second-order valence-corrected chi connectivity index (χ2v) is 4.54. The molecule has 0 radical (unpaired) electrons. The molecule has 0 bridgehead atoms. The van der Waals surface area contributed by atoms with E-state index in [4.69, 9.17) is 11.2 Å². The van der Waals surface area contributed by atoms with E-state index in [1.54, 1.807) is 0 Å². The van der Waals surface area contributed by atoms with Crippen molar-refractivity contribution in [2.45, 2.75) is 32.2 Å². The van der Waals surface area contributed by atoms with Crippen LogP contribution in [0, 0.1) is 12.3 Å². The number of ether oxygens (including phenoxy) is 1. The molecule has 0 heterocycles. The van der Waals surface area contributed by atoms with Crippen LogP contribution in [-0.4, -0.2) is 25.1 Å². The fourth-order valence-corrected chi connectivity index (χ4v) is 1.84. The third-order valence-electron chi connectivity index (χ3n) is 3.38. The lowest BCUT2D eigenvalue weighted by atomic mass is 9.94. The fraction of sp³-hybridized carbons (Fsp3) is 0.438. The Balaban J connectivity index is 2.52. The number of benzene rings is 1. The summed E-state index contributed by atoms with van der Waals surface area (Å²) >= 11 is 0. The first-order valence-corrected chi connectivity index (χ1v) is 6.78. The number of carbonyl (C=O) groups excluding carboxylic acids is 1. The Morgan fingerprint density at radius 2 is 1.90 bits per heavy atom. The Kier molecular flexibility index (Phi) is 5.92. The van der Waals surface area contributed by atoms with Crippen LogP contribution in [0.2, 0.25) is 0 Å². The molecule has 0 spiro atoms. The number of terminal acetylenes is 1. The van der Waals surface area contributed by atoms with Crippen LogP contribution in [0.25, 0.3) is 0 Å². The van der Waals surface area contributed by atoms with Crippen molar-refractivity contribution in [1.29, 1.82) is 0 Å². The molecular weight excluding hydrogens is 252 g/mol. The lowest BCUT2D eigenvalue weighted by Gasteiger charge is -2.26. The summed E-state index contributed by atoms with van der Waals surface area (Å²) in [7, 11) is 1.85. The highest BCUT2D eigenvalue weighted by atomic mass is 16.5. The van der Waals surface area contributed by atoms with E-state index >= 15 is 0 Å². The number of nitrogens with one attached hydrogen (secondary N) is 2. The molecule has 1 aromatic rings. The lowest BCUT2D eigenvalue weighted by molar-refractivity contribution is -0.124. The van der Waals surface area contributed by atoms with Gasteiger partial charge in [-0.05, 0) is 37.1 Å². The Bertz CT molecular complexity index is 470. The highest BCUT2D eigenvalue weighted by Crippen LogP contribution is 2.16. The van der Waals surface area contributed by atoms with Crippen molar-refractivity contribution < 1.29 is 9.53 Å². The molecule has 4 heteroatoms. The smallest absolute Gasteiger partial charge is 0.259 e. The zero-order valence-electron chi connectivity index (χ0n) is 12.3. The van der Waals surface area contributed by atoms with Crippen molar-refractivity contribution in [2.75, 3.05) is 19.0 Å². The number of anilines is 1. The minimum absolute atomic E-state index is 0.0394. The van der Waals surface area contributed by atoms with Crippen molar-refractivity contribution in [1.82, 2.24) is 5.32 Å². The van der Waals surface area contributed by atoms with Crippen molar-refractivity contribution in [3.8, 4) is 18.1 Å². The molecule has 20 heavy (non-hydrogen) atoms. The summed E-state index contributed by atoms with van der Waals surface area (Å²) in [5, 5.41) is 5.88. The van der Waals surface area contributed by atoms with E-state index in [-0.39, 0.29) is 12.5 Å². The van der Waals surface area contributed by atoms with Gasteiger partial charge in [-0.15, -0.1) is 6.42 Å². The zero-order chi connectivity index (χ0) is 15.0. The molecule has 0 aliphatic carbocycles. The summed E-state index contributed by atoms with van der Waals surface area (Å²) in [5.74, 6) is 3.11. The van der Waals surface area contributed by atoms with Crippen molar-refractivity contribution in [3.63, 3.8) is 0 Å². The first-order valence-electron chi connectivity index (χ1n) is 6.78. The Hall–Kier alpha value is -2.15. The molecule has 2 N–H and O–H groups in total. The van der Waals surface area contributed by atoms with Gasteiger partial charge in [-0.2, -0.15) is 0 Å². The monoisotopic (exact) mass is 274 g/mol. The van der Waals surface area contributed by atoms with Crippen LogP contribution in [0.3, 0.4) is 0 Å². The highest BCUT2D eigenvalue weighted by Gasteiger charge is 2.25. The van der Waals surface area contributed by atoms with Crippen LogP contribution in [0.4, 0.5) is 5.69 Å². The first kappa shape index (κ1) is 15.9. The van der Waals surface area contributed by atoms with Gasteiger partial charge in [0.2, 0.25) is 0 Å². The van der Waals surface area contributed by atoms with Gasteiger partial charge in [0.25, 0.3) is 5.91 Å². The fourth-order valence-electron chi connectivity index (χ4n) is 1.84. The third kappa shape index (κ3) is 4.20. The van der Waals surface area contributed by atoms with Gasteiger partial charge >= 0.3 is 0 Å². The molecule has 0 saturated heterocycles. The van der Waals surface area contributed by atoms with Gasteiger partial charge in [0.05, 0.1) is 0 Å². The average molecular weight is 274 g/mol. The van der Waals surface area contributed by atoms with Gasteiger partial charge in [-0.1, -0.05) is 19.8 Å². The lowest BCUT2D eigenvalue weighted by Crippen LogP contribution is -2.48. The summed E-state index contributed by atoms with van der Waals surface area (Å²) in [5.41, 5.74) is 0.418. The molecule has 1 amide bonds. The second kappa shape index (κ2) is 7.44. The van der Waals surface area contributed by atoms with E-state index in [1.165, 1.54) is 0 Å². The van der Waals surface area contributed by atoms with Gasteiger partial charge in [0.1, 0.15) is 11.3 Å². The molecule has 0 aromatic heterocycles. The summed E-state index contributed by atoms with van der Waals surface area (Å²) in [6.07, 6.45) is 6.90. The van der Waals surface area contributed by atoms with E-state index in [0.29, 0.717) is 18.6 Å². The maximum absolute atomic E-state index is 11.9. The quantitative estimate of drug-likeness (QED) is 0.751. The number of hydrogen-bond donors (Lipinski definition) is 2. The van der Waals surface area contributed by atoms with Crippen LogP contribution >= 0.6 is 0 Å². The van der Waals surface area contributed by atoms with Gasteiger partial charge < -0.3 is 15.4 Å². The van der Waals surface area contributed by atoms with Crippen LogP contribution in [0.15, 0.2) is 24.3 Å². The molecule has 4 nitrogen and oxygen atoms in total. The number of hydrogen-bond acceptors (Lipinski definition) is 3. The molecule has 0 unspecified atom stereocenters. The minimum Gasteiger partial charge on any atom is -0.484 e. The molecule has 0 fully saturated rings. The van der Waals surface area contributed by atoms with Crippen LogP contribution < -0.4 is 15.4 Å². The standard InChI is InChI=1S/C16H22N2O2/c1-5-16(6-2,7-3)18-15(19)12-20-14-10-8-13(17-4)9-11-14/h1,8-11,17H,6-7,12H2,2-4H3,(H,18,19). The predicted molar refractivity (Wildman–Crippen MR) is 81.8 cm³/mol. The Labute approximate surface area is 120 Å². The molecule has 0 atom stereocenters. The zero-order valence-corrected chi connectivity index (χ0v) is 12.3. The molecule has 1 aromatic carbocycles. The first-order chi connectivity index (χ1) is 9.59. The highest BCUT2D eigenvalue weighted by molar-refractivity contribution is 5.79. The molecule has 0 aliphatic rings. The van der Waals surface area contributed by atoms with E-state index in [1.807, 2.05) is 45.2 Å². The summed E-state index contributed by atoms with van der Waals surface area (Å²) < 4.78 is 5.44. The normalized spacial score (nSPS) is 10.5. The topological polar surface area (TPSA) is 50.4 Å². The summed E-state index contributed by atoms with van der Waals surface area (Å²) in [4.78, 5) is 11.9. The number of rotatable bonds is 7. The molecule has 108 valence electrons. The average Bonchev–Trinajstić information content (AvgIpc) is 2.51. The SMILES string of the molecule is C#CC(CC)(CC)NC(=O)COc1ccc(NC)cc1. The van der Waals surface area contributed by atoms with Crippen molar-refractivity contribution >= 4 is 11.6 Å². The number of amides is 1. The van der Waals surface area contributed by atoms with Gasteiger partial charge in [0.15, 0.2) is 6.61 Å². The molecule has 0 aliphatic heterocycles. The van der Waals surface area contributed by atoms with E-state index in [9.17, 15) is 4.79 Å². The molecular formula is C16H22N2O2. The van der Waals surface area contributed by atoms with Crippen molar-refractivity contribution in [2.24, 2.45) is 0 Å². The van der Waals surface area contributed by atoms with Gasteiger partial charge in [-0.3, -0.25) is 4.79 Å². The van der Waals surface area contributed by atoms with Crippen LogP contribution in [0.1, 0.15) is 26.7 Å². The molecule has 0 saturated carbocycles. The predicted octanol–water partition coefficient (Wildman–Crippen LogP) is 2.42. The van der Waals surface area contributed by atoms with Crippen LogP contribution in [-0.2, 0) is 4.79 Å². The van der Waals surface area contributed by atoms with E-state index < -0.39 is 5.54 Å². The largest absolute Gasteiger partial charge is 0.484 e. The van der Waals surface area contributed by atoms with E-state index in [2.05, 4.69) is 16.6 Å². The maximum Gasteiger partial charge on any atom is 0.259 e. The van der Waals surface area contributed by atoms with Gasteiger partial charge in [-0.25, -0.2) is 0 Å². The second-order valence-electron chi connectivity index (χ2n) is 4.54. The Morgan fingerprint density at radius 3 is 2.35 bits per heavy atom. The number of carbonyl (C=O) groups is 1. The third-order valence-corrected chi connectivity index (χ3v) is 3.38. The van der Waals surface area contributed by atoms with Crippen LogP contribution in [0.5, 0.6) is 5.75 Å². The van der Waals surface area contributed by atoms with Crippen molar-refractivity contribution in [3.05, 3.63) is 24.3 Å². The maximum atomic E-state index is 11.9. The summed E-state index contributed by atoms with van der Waals surface area (Å²) in [6.45, 7) is 3.88. The summed E-state index contributed by atoms with van der Waals surface area (Å²) in [6, 6.07) is 7.40. The molecule has 1 rings (SSSR count).